The third kappa shape index (κ3) is 3.03. The maximum Gasteiger partial charge on any atom is 0.451 e. The Bertz CT molecular complexity index is 847. The zero-order valence-electron chi connectivity index (χ0n) is 16.2. The van der Waals surface area contributed by atoms with Gasteiger partial charge in [0, 0.05) is 44.1 Å². The van der Waals surface area contributed by atoms with Crippen LogP contribution < -0.4 is 10.2 Å². The van der Waals surface area contributed by atoms with Gasteiger partial charge in [0.05, 0.1) is 5.39 Å². The van der Waals surface area contributed by atoms with Crippen molar-refractivity contribution in [3.8, 4) is 0 Å². The quantitative estimate of drug-likeness (QED) is 0.709. The van der Waals surface area contributed by atoms with Crippen LogP contribution in [0.4, 0.5) is 0 Å². The maximum absolute atomic E-state index is 13.1. The van der Waals surface area contributed by atoms with E-state index >= 15 is 0 Å². The van der Waals surface area contributed by atoms with E-state index in [-0.39, 0.29) is 5.56 Å². The molecule has 3 aliphatic heterocycles. The van der Waals surface area contributed by atoms with Gasteiger partial charge in [-0.1, -0.05) is 12.1 Å². The molecule has 0 radical (unpaired) electrons. The molecule has 1 aromatic heterocycles. The molecule has 3 saturated heterocycles. The lowest BCUT2D eigenvalue weighted by Crippen LogP contribution is -2.49. The summed E-state index contributed by atoms with van der Waals surface area (Å²) < 4.78 is 14.3. The first-order valence-corrected chi connectivity index (χ1v) is 12.1. The summed E-state index contributed by atoms with van der Waals surface area (Å²) in [7, 11) is -2.31. The van der Waals surface area contributed by atoms with Crippen molar-refractivity contribution in [2.45, 2.75) is 38.5 Å². The van der Waals surface area contributed by atoms with Gasteiger partial charge in [-0.3, -0.25) is 4.79 Å². The largest absolute Gasteiger partial charge is 0.451 e. The van der Waals surface area contributed by atoms with Crippen molar-refractivity contribution in [1.29, 1.82) is 0 Å². The van der Waals surface area contributed by atoms with Gasteiger partial charge in [-0.2, -0.15) is 4.62 Å². The molecule has 4 heterocycles. The first kappa shape index (κ1) is 18.4. The summed E-state index contributed by atoms with van der Waals surface area (Å²) in [6.45, 7) is 6.15. The van der Waals surface area contributed by atoms with E-state index in [9.17, 15) is 4.79 Å². The van der Waals surface area contributed by atoms with E-state index in [1.165, 1.54) is 43.4 Å². The van der Waals surface area contributed by atoms with Crippen LogP contribution in [0.15, 0.2) is 29.1 Å². The molecule has 0 atom stereocenters. The van der Waals surface area contributed by atoms with Gasteiger partial charge >= 0.3 is 13.5 Å². The van der Waals surface area contributed by atoms with Gasteiger partial charge in [-0.25, -0.2) is 0 Å². The van der Waals surface area contributed by atoms with Crippen molar-refractivity contribution in [1.82, 2.24) is 29.2 Å². The predicted molar refractivity (Wildman–Crippen MR) is 110 cm³/mol. The molecule has 28 heavy (non-hydrogen) atoms. The van der Waals surface area contributed by atoms with Crippen molar-refractivity contribution in [3.05, 3.63) is 34.6 Å². The standard InChI is InChI=1S/C19H28N6O2P/c26-19-17-9-1-2-10-18(17)20-21-25(19)27-28(22-11-3-4-12-22,23-13-5-6-14-23)24-15-7-8-16-24/h1-2,9-10H,3-8,11-16H2/q+1. The molecule has 0 unspecified atom stereocenters. The molecule has 0 bridgehead atoms. The van der Waals surface area contributed by atoms with Crippen LogP contribution >= 0.6 is 7.94 Å². The number of rotatable bonds is 5. The highest BCUT2D eigenvalue weighted by molar-refractivity contribution is 7.64. The molecule has 2 aromatic rings. The van der Waals surface area contributed by atoms with Gasteiger partial charge in [0.15, 0.2) is 0 Å². The Balaban J connectivity index is 1.61. The minimum Gasteiger partial charge on any atom is -0.263 e. The molecule has 0 aliphatic carbocycles. The highest BCUT2D eigenvalue weighted by atomic mass is 31.2. The Labute approximate surface area is 165 Å². The lowest BCUT2D eigenvalue weighted by molar-refractivity contribution is 0.150. The van der Waals surface area contributed by atoms with E-state index in [0.29, 0.717) is 10.9 Å². The van der Waals surface area contributed by atoms with Crippen molar-refractivity contribution in [2.75, 3.05) is 39.3 Å². The van der Waals surface area contributed by atoms with Crippen molar-refractivity contribution in [3.63, 3.8) is 0 Å². The smallest absolute Gasteiger partial charge is 0.263 e. The van der Waals surface area contributed by atoms with Crippen molar-refractivity contribution < 1.29 is 4.62 Å². The zero-order valence-corrected chi connectivity index (χ0v) is 17.1. The Morgan fingerprint density at radius 3 is 1.82 bits per heavy atom. The fourth-order valence-corrected chi connectivity index (χ4v) is 8.82. The number of hydrogen-bond donors (Lipinski definition) is 0. The molecule has 1 aromatic carbocycles. The van der Waals surface area contributed by atoms with Crippen LogP contribution in [0.1, 0.15) is 38.5 Å². The molecule has 0 N–H and O–H groups in total. The molecule has 3 fully saturated rings. The summed E-state index contributed by atoms with van der Waals surface area (Å²) in [6, 6.07) is 7.35. The lowest BCUT2D eigenvalue weighted by atomic mass is 10.2. The van der Waals surface area contributed by atoms with E-state index in [0.717, 1.165) is 39.3 Å². The molecule has 8 nitrogen and oxygen atoms in total. The Hall–Kier alpha value is -1.60. The summed E-state index contributed by atoms with van der Waals surface area (Å²) in [5.74, 6) is 0. The van der Waals surface area contributed by atoms with Crippen LogP contribution in [-0.2, 0) is 0 Å². The normalized spacial score (nSPS) is 22.4. The third-order valence-corrected chi connectivity index (χ3v) is 9.87. The average Bonchev–Trinajstić information content (AvgIpc) is 3.52. The molecule has 0 amide bonds. The summed E-state index contributed by atoms with van der Waals surface area (Å²) in [6.07, 6.45) is 7.11. The lowest BCUT2D eigenvalue weighted by Gasteiger charge is -2.39. The third-order valence-electron chi connectivity index (χ3n) is 6.08. The molecule has 5 rings (SSSR count). The minimum absolute atomic E-state index is 0.215. The summed E-state index contributed by atoms with van der Waals surface area (Å²) in [5, 5.41) is 9.00. The van der Waals surface area contributed by atoms with E-state index in [1.807, 2.05) is 18.2 Å². The highest BCUT2D eigenvalue weighted by Crippen LogP contribution is 2.68. The minimum atomic E-state index is -2.31. The Kier molecular flexibility index (Phi) is 5.05. The maximum atomic E-state index is 13.1. The van der Waals surface area contributed by atoms with Gasteiger partial charge in [-0.15, -0.1) is 19.1 Å². The predicted octanol–water partition coefficient (Wildman–Crippen LogP) is 2.19. The first-order valence-electron chi connectivity index (χ1n) is 10.5. The van der Waals surface area contributed by atoms with Crippen LogP contribution in [0.25, 0.3) is 10.9 Å². The van der Waals surface area contributed by atoms with Crippen LogP contribution in [0.2, 0.25) is 0 Å². The second-order valence-electron chi connectivity index (χ2n) is 7.86. The number of fused-ring (bicyclic) bond motifs is 1. The van der Waals surface area contributed by atoms with Gasteiger partial charge in [0.25, 0.3) is 0 Å². The second kappa shape index (κ2) is 7.67. The van der Waals surface area contributed by atoms with Crippen LogP contribution in [0.5, 0.6) is 0 Å². The summed E-state index contributed by atoms with van der Waals surface area (Å²) >= 11 is 0. The molecule has 0 spiro atoms. The molecule has 9 heteroatoms. The molecular formula is C19H28N6O2P+. The van der Waals surface area contributed by atoms with Crippen molar-refractivity contribution in [2.24, 2.45) is 0 Å². The molecule has 3 aliphatic rings. The SMILES string of the molecule is O=c1c2ccccc2nnn1O[P+](N1CCCC1)(N1CCCC1)N1CCCC1. The van der Waals surface area contributed by atoms with Gasteiger partial charge in [0.2, 0.25) is 0 Å². The average molecular weight is 403 g/mol. The molecular weight excluding hydrogens is 375 g/mol. The molecule has 150 valence electrons. The number of benzene rings is 1. The second-order valence-corrected chi connectivity index (χ2v) is 10.7. The van der Waals surface area contributed by atoms with E-state index < -0.39 is 7.94 Å². The van der Waals surface area contributed by atoms with E-state index in [4.69, 9.17) is 4.62 Å². The zero-order chi connectivity index (χ0) is 19.0. The number of hydrogen-bond acceptors (Lipinski definition) is 7. The van der Waals surface area contributed by atoms with E-state index in [2.05, 4.69) is 24.3 Å². The number of aromatic nitrogens is 3. The number of nitrogens with zero attached hydrogens (tertiary/aromatic N) is 6. The van der Waals surface area contributed by atoms with Gasteiger partial charge in [-0.05, 0) is 55.9 Å². The van der Waals surface area contributed by atoms with Crippen molar-refractivity contribution >= 4 is 18.8 Å². The van der Waals surface area contributed by atoms with E-state index in [1.54, 1.807) is 6.07 Å². The van der Waals surface area contributed by atoms with Gasteiger partial charge in [0.1, 0.15) is 5.52 Å². The fraction of sp³-hybridized carbons (Fsp3) is 0.632. The topological polar surface area (TPSA) is 66.7 Å². The summed E-state index contributed by atoms with van der Waals surface area (Å²) in [5.41, 5.74) is 0.396. The Morgan fingerprint density at radius 1 is 0.786 bits per heavy atom. The van der Waals surface area contributed by atoms with Crippen LogP contribution in [-0.4, -0.2) is 68.4 Å². The van der Waals surface area contributed by atoms with Gasteiger partial charge < -0.3 is 0 Å². The fourth-order valence-electron chi connectivity index (χ4n) is 4.71. The summed E-state index contributed by atoms with van der Waals surface area (Å²) in [4.78, 5) is 14.3. The van der Waals surface area contributed by atoms with Crippen LogP contribution in [0.3, 0.4) is 0 Å². The molecule has 0 saturated carbocycles. The first-order chi connectivity index (χ1) is 13.8. The Morgan fingerprint density at radius 2 is 1.29 bits per heavy atom. The highest BCUT2D eigenvalue weighted by Gasteiger charge is 2.64. The van der Waals surface area contributed by atoms with Crippen LogP contribution in [0, 0.1) is 0 Å². The monoisotopic (exact) mass is 403 g/mol.